The van der Waals surface area contributed by atoms with Gasteiger partial charge in [0.2, 0.25) is 6.29 Å². The lowest BCUT2D eigenvalue weighted by atomic mass is 9.98. The number of ether oxygens (including phenoxy) is 1. The molecule has 10 heteroatoms. The molecular formula is C11H18N4O6. The molecule has 0 spiro atoms. The number of rotatable bonds is 4. The second-order valence-electron chi connectivity index (χ2n) is 4.74. The van der Waals surface area contributed by atoms with Crippen LogP contribution in [0, 0.1) is 6.92 Å². The van der Waals surface area contributed by atoms with Crippen LogP contribution >= 0.6 is 0 Å². The van der Waals surface area contributed by atoms with Crippen molar-refractivity contribution in [2.45, 2.75) is 37.6 Å². The third kappa shape index (κ3) is 3.37. The van der Waals surface area contributed by atoms with Crippen LogP contribution in [0.3, 0.4) is 0 Å². The molecule has 2 heterocycles. The fourth-order valence-corrected chi connectivity index (χ4v) is 1.89. The summed E-state index contributed by atoms with van der Waals surface area (Å²) in [6.45, 7) is 1.18. The highest BCUT2D eigenvalue weighted by atomic mass is 16.8. The minimum Gasteiger partial charge on any atom is -0.394 e. The molecule has 0 radical (unpaired) electrons. The molecule has 21 heavy (non-hydrogen) atoms. The summed E-state index contributed by atoms with van der Waals surface area (Å²) in [5.41, 5.74) is 8.16. The van der Waals surface area contributed by atoms with E-state index < -0.39 is 42.9 Å². The van der Waals surface area contributed by atoms with Crippen LogP contribution in [0.15, 0.2) is 11.0 Å². The Morgan fingerprint density at radius 1 is 1.52 bits per heavy atom. The Bertz CT molecular complexity index is 536. The van der Waals surface area contributed by atoms with Gasteiger partial charge in [0.1, 0.15) is 18.3 Å². The van der Waals surface area contributed by atoms with Crippen LogP contribution in [0.25, 0.3) is 0 Å². The molecule has 1 fully saturated rings. The molecule has 5 atom stereocenters. The topological polar surface area (TPSA) is 163 Å². The summed E-state index contributed by atoms with van der Waals surface area (Å²) >= 11 is 0. The standard InChI is InChI=1S/C11H18N4O6/c1-4-2-13-11(19)14-9(4)15-21-10-6(12)8(18)7(17)5(3-16)20-10/h2,5-8,10,16-18H,3,12H2,1H3,(H2,13,14,15,19)/t5-,6-,7-,8-,10?/m1/s1. The molecular weight excluding hydrogens is 284 g/mol. The Morgan fingerprint density at radius 3 is 2.90 bits per heavy atom. The Labute approximate surface area is 119 Å². The Hall–Kier alpha value is -1.56. The number of nitrogens with two attached hydrogens (primary N) is 1. The van der Waals surface area contributed by atoms with Crippen LogP contribution in [0.5, 0.6) is 0 Å². The zero-order chi connectivity index (χ0) is 15.6. The molecule has 10 nitrogen and oxygen atoms in total. The molecule has 0 amide bonds. The van der Waals surface area contributed by atoms with Crippen molar-refractivity contribution in [3.8, 4) is 0 Å². The molecule has 2 rings (SSSR count). The van der Waals surface area contributed by atoms with Gasteiger partial charge in [-0.05, 0) is 6.92 Å². The summed E-state index contributed by atoms with van der Waals surface area (Å²) < 4.78 is 5.24. The Kier molecular flexibility index (Phi) is 4.88. The lowest BCUT2D eigenvalue weighted by molar-refractivity contribution is -0.258. The zero-order valence-corrected chi connectivity index (χ0v) is 11.3. The highest BCUT2D eigenvalue weighted by Crippen LogP contribution is 2.21. The van der Waals surface area contributed by atoms with Gasteiger partial charge in [0, 0.05) is 11.8 Å². The maximum atomic E-state index is 11.1. The molecule has 1 saturated heterocycles. The maximum absolute atomic E-state index is 11.1. The third-order valence-electron chi connectivity index (χ3n) is 3.20. The van der Waals surface area contributed by atoms with Crippen molar-refractivity contribution in [3.05, 3.63) is 22.2 Å². The summed E-state index contributed by atoms with van der Waals surface area (Å²) in [4.78, 5) is 22.3. The number of anilines is 1. The highest BCUT2D eigenvalue weighted by molar-refractivity contribution is 5.38. The normalized spacial score (nSPS) is 32.9. The predicted molar refractivity (Wildman–Crippen MR) is 70.0 cm³/mol. The number of aryl methyl sites for hydroxylation is 1. The molecule has 1 aromatic heterocycles. The summed E-state index contributed by atoms with van der Waals surface area (Å²) in [5, 5.41) is 28.5. The van der Waals surface area contributed by atoms with E-state index >= 15 is 0 Å². The first-order chi connectivity index (χ1) is 9.93. The molecule has 0 bridgehead atoms. The Balaban J connectivity index is 2.05. The molecule has 118 valence electrons. The van der Waals surface area contributed by atoms with Crippen molar-refractivity contribution in [1.82, 2.24) is 9.97 Å². The molecule has 1 aliphatic heterocycles. The van der Waals surface area contributed by atoms with E-state index in [1.165, 1.54) is 6.20 Å². The van der Waals surface area contributed by atoms with Crippen molar-refractivity contribution in [2.24, 2.45) is 5.73 Å². The first kappa shape index (κ1) is 15.8. The van der Waals surface area contributed by atoms with Crippen LogP contribution in [0.1, 0.15) is 5.56 Å². The average molecular weight is 302 g/mol. The van der Waals surface area contributed by atoms with Crippen LogP contribution < -0.4 is 16.9 Å². The van der Waals surface area contributed by atoms with E-state index in [1.807, 2.05) is 0 Å². The molecule has 1 unspecified atom stereocenters. The fraction of sp³-hybridized carbons (Fsp3) is 0.636. The van der Waals surface area contributed by atoms with Crippen molar-refractivity contribution >= 4 is 5.82 Å². The van der Waals surface area contributed by atoms with Crippen LogP contribution in [0.2, 0.25) is 0 Å². The lowest BCUT2D eigenvalue weighted by Crippen LogP contribution is -2.62. The molecule has 0 aliphatic carbocycles. The zero-order valence-electron chi connectivity index (χ0n) is 11.3. The quantitative estimate of drug-likeness (QED) is 0.322. The minimum atomic E-state index is -1.32. The van der Waals surface area contributed by atoms with Crippen molar-refractivity contribution in [2.75, 3.05) is 12.1 Å². The van der Waals surface area contributed by atoms with Gasteiger partial charge in [-0.15, -0.1) is 0 Å². The largest absolute Gasteiger partial charge is 0.394 e. The monoisotopic (exact) mass is 302 g/mol. The van der Waals surface area contributed by atoms with Gasteiger partial charge >= 0.3 is 5.69 Å². The number of hydrogen-bond acceptors (Lipinski definition) is 9. The van der Waals surface area contributed by atoms with E-state index in [1.54, 1.807) is 6.92 Å². The van der Waals surface area contributed by atoms with Gasteiger partial charge in [-0.1, -0.05) is 0 Å². The van der Waals surface area contributed by atoms with Crippen molar-refractivity contribution in [1.29, 1.82) is 0 Å². The number of nitrogens with one attached hydrogen (secondary N) is 2. The van der Waals surface area contributed by atoms with Crippen LogP contribution in [-0.4, -0.2) is 62.5 Å². The molecule has 7 N–H and O–H groups in total. The maximum Gasteiger partial charge on any atom is 0.346 e. The van der Waals surface area contributed by atoms with E-state index in [2.05, 4.69) is 15.4 Å². The summed E-state index contributed by atoms with van der Waals surface area (Å²) in [6, 6.07) is -1.04. The van der Waals surface area contributed by atoms with Crippen molar-refractivity contribution in [3.63, 3.8) is 0 Å². The van der Waals surface area contributed by atoms with Crippen molar-refractivity contribution < 1.29 is 24.9 Å². The molecule has 0 saturated carbocycles. The number of nitrogens with zero attached hydrogens (tertiary/aromatic N) is 1. The van der Waals surface area contributed by atoms with E-state index in [9.17, 15) is 15.0 Å². The number of aliphatic hydroxyl groups is 3. The third-order valence-corrected chi connectivity index (χ3v) is 3.20. The van der Waals surface area contributed by atoms with Gasteiger partial charge in [-0.2, -0.15) is 4.98 Å². The second kappa shape index (κ2) is 6.47. The lowest BCUT2D eigenvalue weighted by Gasteiger charge is -2.39. The Morgan fingerprint density at radius 2 is 2.24 bits per heavy atom. The number of H-pyrrole nitrogens is 1. The molecule has 1 aromatic rings. The van der Waals surface area contributed by atoms with Gasteiger partial charge in [0.15, 0.2) is 5.82 Å². The summed E-state index contributed by atoms with van der Waals surface area (Å²) in [7, 11) is 0. The SMILES string of the molecule is Cc1c[nH]c(=O)nc1NOC1O[C@H](CO)[C@@H](O)[C@H](O)[C@H]1N. The molecule has 0 aromatic carbocycles. The fourth-order valence-electron chi connectivity index (χ4n) is 1.89. The average Bonchev–Trinajstić information content (AvgIpc) is 2.47. The first-order valence-corrected chi connectivity index (χ1v) is 6.30. The number of hydrogen-bond donors (Lipinski definition) is 6. The summed E-state index contributed by atoms with van der Waals surface area (Å²) in [5.74, 6) is 0.163. The number of aliphatic hydroxyl groups excluding tert-OH is 3. The van der Waals surface area contributed by atoms with Crippen LogP contribution in [-0.2, 0) is 9.57 Å². The smallest absolute Gasteiger partial charge is 0.346 e. The number of aromatic nitrogens is 2. The van der Waals surface area contributed by atoms with Gasteiger partial charge in [-0.3, -0.25) is 0 Å². The first-order valence-electron chi connectivity index (χ1n) is 6.30. The van der Waals surface area contributed by atoms with Gasteiger partial charge in [-0.25, -0.2) is 15.1 Å². The van der Waals surface area contributed by atoms with E-state index in [-0.39, 0.29) is 5.82 Å². The van der Waals surface area contributed by atoms with Gasteiger partial charge in [0.25, 0.3) is 0 Å². The number of aromatic amines is 1. The highest BCUT2D eigenvalue weighted by Gasteiger charge is 2.43. The van der Waals surface area contributed by atoms with Gasteiger partial charge in [0.05, 0.1) is 12.6 Å². The minimum absolute atomic E-state index is 0.163. The summed E-state index contributed by atoms with van der Waals surface area (Å²) in [6.07, 6.45) is -3.36. The van der Waals surface area contributed by atoms with E-state index in [0.29, 0.717) is 5.56 Å². The van der Waals surface area contributed by atoms with Crippen LogP contribution in [0.4, 0.5) is 5.82 Å². The molecule has 1 aliphatic rings. The van der Waals surface area contributed by atoms with E-state index in [0.717, 1.165) is 0 Å². The predicted octanol–water partition coefficient (Wildman–Crippen LogP) is -2.81. The van der Waals surface area contributed by atoms with Gasteiger partial charge < -0.3 is 30.8 Å². The van der Waals surface area contributed by atoms with E-state index in [4.69, 9.17) is 20.4 Å². The second-order valence-corrected chi connectivity index (χ2v) is 4.74.